The lowest BCUT2D eigenvalue weighted by atomic mass is 10.3. The maximum atomic E-state index is 12.7. The fraction of sp³-hybridized carbons (Fsp3) is 0.467. The highest BCUT2D eigenvalue weighted by Gasteiger charge is 2.30. The predicted octanol–water partition coefficient (Wildman–Crippen LogP) is -0.371. The first-order valence-corrected chi connectivity index (χ1v) is 9.00. The number of ether oxygens (including phenoxy) is 2. The Morgan fingerprint density at radius 3 is 2.32 bits per heavy atom. The van der Waals surface area contributed by atoms with Crippen LogP contribution >= 0.6 is 0 Å². The van der Waals surface area contributed by atoms with Crippen molar-refractivity contribution in [3.05, 3.63) is 24.3 Å². The van der Waals surface area contributed by atoms with E-state index in [1.807, 2.05) is 0 Å². The summed E-state index contributed by atoms with van der Waals surface area (Å²) in [7, 11) is -2.69. The monoisotopic (exact) mass is 372 g/mol. The van der Waals surface area contributed by atoms with Gasteiger partial charge in [0, 0.05) is 13.1 Å². The highest BCUT2D eigenvalue weighted by Crippen LogP contribution is 2.19. The third-order valence-corrected chi connectivity index (χ3v) is 5.49. The third kappa shape index (κ3) is 4.91. The summed E-state index contributed by atoms with van der Waals surface area (Å²) in [4.78, 5) is 24.7. The van der Waals surface area contributed by atoms with Crippen LogP contribution in [0.5, 0.6) is 5.75 Å². The van der Waals surface area contributed by atoms with Crippen molar-refractivity contribution in [3.8, 4) is 5.75 Å². The van der Waals surface area contributed by atoms with Crippen LogP contribution in [0, 0.1) is 0 Å². The minimum atomic E-state index is -4.14. The molecule has 1 heterocycles. The second kappa shape index (κ2) is 8.28. The van der Waals surface area contributed by atoms with Crippen LogP contribution in [0.3, 0.4) is 0 Å². The molecule has 9 nitrogen and oxygen atoms in total. The van der Waals surface area contributed by atoms with Crippen molar-refractivity contribution in [2.75, 3.05) is 46.5 Å². The molecule has 1 fully saturated rings. The Bertz CT molecular complexity index is 712. The molecule has 138 valence electrons. The highest BCUT2D eigenvalue weighted by molar-refractivity contribution is 7.89. The van der Waals surface area contributed by atoms with E-state index in [0.717, 1.165) is 0 Å². The van der Waals surface area contributed by atoms with Crippen molar-refractivity contribution < 1.29 is 32.6 Å². The lowest BCUT2D eigenvalue weighted by Crippen LogP contribution is -2.48. The van der Waals surface area contributed by atoms with Crippen molar-refractivity contribution in [2.24, 2.45) is 0 Å². The molecule has 0 aromatic heterocycles. The number of benzene rings is 1. The Kier molecular flexibility index (Phi) is 6.34. The minimum absolute atomic E-state index is 0.107. The number of sulfonamides is 1. The molecular formula is C15H20N2O7S. The maximum Gasteiger partial charge on any atom is 0.318 e. The average Bonchev–Trinajstić information content (AvgIpc) is 2.61. The molecule has 0 radical (unpaired) electrons. The highest BCUT2D eigenvalue weighted by atomic mass is 32.2. The van der Waals surface area contributed by atoms with Gasteiger partial charge in [0.15, 0.2) is 0 Å². The molecule has 1 aliphatic rings. The van der Waals surface area contributed by atoms with Gasteiger partial charge >= 0.3 is 5.97 Å². The van der Waals surface area contributed by atoms with E-state index in [9.17, 15) is 18.0 Å². The zero-order valence-corrected chi connectivity index (χ0v) is 14.6. The van der Waals surface area contributed by atoms with E-state index in [0.29, 0.717) is 36.4 Å². The summed E-state index contributed by atoms with van der Waals surface area (Å²) >= 11 is 0. The molecule has 1 aromatic rings. The first-order valence-electron chi connectivity index (χ1n) is 7.56. The first kappa shape index (κ1) is 19.2. The summed E-state index contributed by atoms with van der Waals surface area (Å²) in [6.45, 7) is 0.0988. The summed E-state index contributed by atoms with van der Waals surface area (Å²) in [6, 6.07) is 5.52. The molecule has 0 spiro atoms. The Morgan fingerprint density at radius 1 is 1.20 bits per heavy atom. The molecule has 0 saturated carbocycles. The lowest BCUT2D eigenvalue weighted by Gasteiger charge is -2.29. The van der Waals surface area contributed by atoms with Crippen molar-refractivity contribution in [1.82, 2.24) is 9.21 Å². The standard InChI is InChI=1S/C15H20N2O7S/c1-23-12-2-4-13(5-3-12)25(21,22)17(11-15(19)20)10-14(18)16-6-8-24-9-7-16/h2-5H,6-11H2,1H3,(H,19,20). The van der Waals surface area contributed by atoms with Gasteiger partial charge in [-0.2, -0.15) is 4.31 Å². The molecule has 0 aliphatic carbocycles. The largest absolute Gasteiger partial charge is 0.497 e. The van der Waals surface area contributed by atoms with E-state index in [2.05, 4.69) is 0 Å². The molecule has 1 N–H and O–H groups in total. The second-order valence-corrected chi connectivity index (χ2v) is 7.27. The Balaban J connectivity index is 2.21. The summed E-state index contributed by atoms with van der Waals surface area (Å²) in [5.74, 6) is -1.33. The smallest absolute Gasteiger partial charge is 0.318 e. The first-order chi connectivity index (χ1) is 11.8. The van der Waals surface area contributed by atoms with Gasteiger partial charge in [-0.25, -0.2) is 8.42 Å². The van der Waals surface area contributed by atoms with E-state index in [-0.39, 0.29) is 4.90 Å². The van der Waals surface area contributed by atoms with E-state index >= 15 is 0 Å². The Hall–Kier alpha value is -2.17. The normalized spacial score (nSPS) is 15.2. The van der Waals surface area contributed by atoms with Gasteiger partial charge < -0.3 is 19.5 Å². The fourth-order valence-electron chi connectivity index (χ4n) is 2.34. The SMILES string of the molecule is COc1ccc(S(=O)(=O)N(CC(=O)O)CC(=O)N2CCOCC2)cc1. The number of carboxylic acid groups (broad SMARTS) is 1. The zero-order chi connectivity index (χ0) is 18.4. The number of rotatable bonds is 7. The number of hydrogen-bond acceptors (Lipinski definition) is 6. The van der Waals surface area contributed by atoms with Crippen molar-refractivity contribution in [3.63, 3.8) is 0 Å². The molecule has 1 aromatic carbocycles. The molecule has 2 rings (SSSR count). The molecule has 0 unspecified atom stereocenters. The van der Waals surface area contributed by atoms with Crippen LogP contribution in [0.25, 0.3) is 0 Å². The van der Waals surface area contributed by atoms with Gasteiger partial charge in [0.05, 0.1) is 31.8 Å². The number of carboxylic acids is 1. The quantitative estimate of drug-likeness (QED) is 0.695. The van der Waals surface area contributed by atoms with Gasteiger partial charge in [0.1, 0.15) is 12.3 Å². The van der Waals surface area contributed by atoms with Gasteiger partial charge in [0.2, 0.25) is 15.9 Å². The molecule has 0 atom stereocenters. The number of methoxy groups -OCH3 is 1. The van der Waals surface area contributed by atoms with Gasteiger partial charge in [-0.3, -0.25) is 9.59 Å². The van der Waals surface area contributed by atoms with Crippen LogP contribution in [0.2, 0.25) is 0 Å². The van der Waals surface area contributed by atoms with Crippen LogP contribution in [0.4, 0.5) is 0 Å². The number of carbonyl (C=O) groups is 2. The van der Waals surface area contributed by atoms with Crippen LogP contribution in [0.15, 0.2) is 29.2 Å². The molecule has 1 amide bonds. The number of nitrogens with zero attached hydrogens (tertiary/aromatic N) is 2. The molecule has 1 saturated heterocycles. The van der Waals surface area contributed by atoms with Gasteiger partial charge in [-0.05, 0) is 24.3 Å². The van der Waals surface area contributed by atoms with Crippen LogP contribution in [0.1, 0.15) is 0 Å². The van der Waals surface area contributed by atoms with E-state index in [4.69, 9.17) is 14.6 Å². The summed E-state index contributed by atoms with van der Waals surface area (Å²) in [5.41, 5.74) is 0. The van der Waals surface area contributed by atoms with Crippen molar-refractivity contribution in [2.45, 2.75) is 4.90 Å². The number of morpholine rings is 1. The Labute approximate surface area is 145 Å². The van der Waals surface area contributed by atoms with E-state index < -0.39 is 35.0 Å². The molecular weight excluding hydrogens is 352 g/mol. The summed E-state index contributed by atoms with van der Waals surface area (Å²) in [5, 5.41) is 9.03. The lowest BCUT2D eigenvalue weighted by molar-refractivity contribution is -0.139. The van der Waals surface area contributed by atoms with E-state index in [1.165, 1.54) is 36.3 Å². The predicted molar refractivity (Wildman–Crippen MR) is 86.8 cm³/mol. The maximum absolute atomic E-state index is 12.7. The summed E-state index contributed by atoms with van der Waals surface area (Å²) in [6.07, 6.45) is 0. The number of amides is 1. The van der Waals surface area contributed by atoms with Gasteiger partial charge in [0.25, 0.3) is 0 Å². The van der Waals surface area contributed by atoms with Crippen molar-refractivity contribution >= 4 is 21.9 Å². The Morgan fingerprint density at radius 2 is 1.80 bits per heavy atom. The minimum Gasteiger partial charge on any atom is -0.497 e. The van der Waals surface area contributed by atoms with Gasteiger partial charge in [-0.1, -0.05) is 0 Å². The van der Waals surface area contributed by atoms with E-state index in [1.54, 1.807) is 0 Å². The number of hydrogen-bond donors (Lipinski definition) is 1. The molecule has 10 heteroatoms. The average molecular weight is 372 g/mol. The molecule has 1 aliphatic heterocycles. The summed E-state index contributed by atoms with van der Waals surface area (Å²) < 4.78 is 36.2. The molecule has 25 heavy (non-hydrogen) atoms. The fourth-order valence-corrected chi connectivity index (χ4v) is 3.68. The van der Waals surface area contributed by atoms with Crippen LogP contribution < -0.4 is 4.74 Å². The van der Waals surface area contributed by atoms with Crippen molar-refractivity contribution in [1.29, 1.82) is 0 Å². The number of aliphatic carboxylic acids is 1. The third-order valence-electron chi connectivity index (χ3n) is 3.68. The van der Waals surface area contributed by atoms with Gasteiger partial charge in [-0.15, -0.1) is 0 Å². The second-order valence-electron chi connectivity index (χ2n) is 5.34. The molecule has 0 bridgehead atoms. The number of carbonyl (C=O) groups excluding carboxylic acids is 1. The van der Waals surface area contributed by atoms with Crippen LogP contribution in [-0.2, 0) is 24.3 Å². The van der Waals surface area contributed by atoms with Crippen LogP contribution in [-0.4, -0.2) is 81.1 Å². The zero-order valence-electron chi connectivity index (χ0n) is 13.8. The topological polar surface area (TPSA) is 113 Å².